The summed E-state index contributed by atoms with van der Waals surface area (Å²) in [6.45, 7) is 1.94. The predicted molar refractivity (Wildman–Crippen MR) is 70.1 cm³/mol. The molecule has 5 heteroatoms. The second-order valence-electron chi connectivity index (χ2n) is 4.61. The summed E-state index contributed by atoms with van der Waals surface area (Å²) in [6.07, 6.45) is 0.0750. The monoisotopic (exact) mass is 311 g/mol. The highest BCUT2D eigenvalue weighted by molar-refractivity contribution is 9.10. The minimum atomic E-state index is -0.918. The van der Waals surface area contributed by atoms with Gasteiger partial charge in [-0.25, -0.2) is 0 Å². The summed E-state index contributed by atoms with van der Waals surface area (Å²) in [5, 5.41) is 9.22. The van der Waals surface area contributed by atoms with E-state index in [1.54, 1.807) is 7.05 Å². The van der Waals surface area contributed by atoms with E-state index in [1.807, 2.05) is 25.1 Å². The Morgan fingerprint density at radius 2 is 2.17 bits per heavy atom. The molecule has 96 valence electrons. The van der Waals surface area contributed by atoms with Crippen LogP contribution in [0.2, 0.25) is 0 Å². The number of aryl methyl sites for hydroxylation is 1. The Bertz CT molecular complexity index is 515. The van der Waals surface area contributed by atoms with Crippen molar-refractivity contribution in [1.29, 1.82) is 0 Å². The third-order valence-electron chi connectivity index (χ3n) is 3.43. The van der Waals surface area contributed by atoms with Crippen molar-refractivity contribution in [2.45, 2.75) is 19.4 Å². The second kappa shape index (κ2) is 4.72. The maximum absolute atomic E-state index is 11.7. The molecule has 1 N–H and O–H groups in total. The van der Waals surface area contributed by atoms with E-state index in [9.17, 15) is 14.7 Å². The van der Waals surface area contributed by atoms with Gasteiger partial charge in [0.1, 0.15) is 0 Å². The molecular weight excluding hydrogens is 298 g/mol. The van der Waals surface area contributed by atoms with Gasteiger partial charge < -0.3 is 10.0 Å². The number of hydrogen-bond donors (Lipinski definition) is 1. The van der Waals surface area contributed by atoms with Gasteiger partial charge in [-0.3, -0.25) is 9.59 Å². The molecule has 2 unspecified atom stereocenters. The number of nitrogens with zero attached hydrogens (tertiary/aromatic N) is 1. The van der Waals surface area contributed by atoms with Crippen molar-refractivity contribution in [3.63, 3.8) is 0 Å². The first-order chi connectivity index (χ1) is 8.41. The molecule has 0 spiro atoms. The van der Waals surface area contributed by atoms with Gasteiger partial charge in [0.15, 0.2) is 0 Å². The number of carboxylic acid groups (broad SMARTS) is 1. The van der Waals surface area contributed by atoms with Crippen LogP contribution in [0.15, 0.2) is 22.7 Å². The molecule has 2 atom stereocenters. The number of aliphatic carboxylic acids is 1. The van der Waals surface area contributed by atoms with Gasteiger partial charge in [-0.05, 0) is 24.1 Å². The molecule has 0 aromatic heterocycles. The van der Waals surface area contributed by atoms with Crippen molar-refractivity contribution >= 4 is 27.8 Å². The fourth-order valence-corrected chi connectivity index (χ4v) is 2.65. The second-order valence-corrected chi connectivity index (χ2v) is 5.46. The summed E-state index contributed by atoms with van der Waals surface area (Å²) in [7, 11) is 1.66. The average molecular weight is 312 g/mol. The van der Waals surface area contributed by atoms with Gasteiger partial charge in [-0.1, -0.05) is 28.1 Å². The van der Waals surface area contributed by atoms with E-state index in [1.165, 1.54) is 4.90 Å². The average Bonchev–Trinajstić information content (AvgIpc) is 2.60. The number of halogens is 1. The van der Waals surface area contributed by atoms with E-state index >= 15 is 0 Å². The maximum atomic E-state index is 11.7. The molecule has 0 radical (unpaired) electrons. The molecule has 18 heavy (non-hydrogen) atoms. The van der Waals surface area contributed by atoms with Crippen LogP contribution in [-0.4, -0.2) is 28.9 Å². The van der Waals surface area contributed by atoms with Crippen molar-refractivity contribution < 1.29 is 14.7 Å². The van der Waals surface area contributed by atoms with Gasteiger partial charge in [-0.2, -0.15) is 0 Å². The van der Waals surface area contributed by atoms with Crippen LogP contribution in [0.25, 0.3) is 0 Å². The number of carboxylic acids is 1. The Balaban J connectivity index is 2.42. The van der Waals surface area contributed by atoms with Gasteiger partial charge in [0.05, 0.1) is 12.0 Å². The van der Waals surface area contributed by atoms with E-state index in [4.69, 9.17) is 0 Å². The quantitative estimate of drug-likeness (QED) is 0.912. The van der Waals surface area contributed by atoms with Crippen molar-refractivity contribution in [1.82, 2.24) is 4.90 Å². The lowest BCUT2D eigenvalue weighted by Gasteiger charge is -2.23. The molecule has 4 nitrogen and oxygen atoms in total. The highest BCUT2D eigenvalue weighted by atomic mass is 79.9. The molecule has 1 aliphatic heterocycles. The number of hydrogen-bond acceptors (Lipinski definition) is 2. The lowest BCUT2D eigenvalue weighted by atomic mass is 9.93. The normalized spacial score (nSPS) is 23.5. The standard InChI is InChI=1S/C13H14BrNO3/c1-7-5-8(3-4-10(7)14)12-9(13(17)18)6-11(16)15(12)2/h3-5,9,12H,6H2,1-2H3,(H,17,18). The van der Waals surface area contributed by atoms with E-state index in [0.717, 1.165) is 15.6 Å². The molecule has 1 aliphatic rings. The molecule has 1 aromatic carbocycles. The highest BCUT2D eigenvalue weighted by Gasteiger charge is 2.42. The van der Waals surface area contributed by atoms with Gasteiger partial charge in [0.2, 0.25) is 5.91 Å². The summed E-state index contributed by atoms with van der Waals surface area (Å²) in [5.41, 5.74) is 1.90. The molecule has 1 fully saturated rings. The third kappa shape index (κ3) is 2.14. The summed E-state index contributed by atoms with van der Waals surface area (Å²) >= 11 is 3.41. The molecule has 0 bridgehead atoms. The molecule has 2 rings (SSSR count). The Morgan fingerprint density at radius 3 is 2.72 bits per heavy atom. The zero-order valence-corrected chi connectivity index (χ0v) is 11.8. The van der Waals surface area contributed by atoms with Crippen LogP contribution >= 0.6 is 15.9 Å². The Labute approximate surface area is 114 Å². The zero-order chi connectivity index (χ0) is 13.4. The zero-order valence-electron chi connectivity index (χ0n) is 10.2. The fraction of sp³-hybridized carbons (Fsp3) is 0.385. The van der Waals surface area contributed by atoms with Crippen LogP contribution < -0.4 is 0 Å². The van der Waals surface area contributed by atoms with E-state index in [0.29, 0.717) is 0 Å². The lowest BCUT2D eigenvalue weighted by Crippen LogP contribution is -2.26. The molecule has 0 aliphatic carbocycles. The largest absolute Gasteiger partial charge is 0.481 e. The first-order valence-corrected chi connectivity index (χ1v) is 6.45. The fourth-order valence-electron chi connectivity index (χ4n) is 2.40. The predicted octanol–water partition coefficient (Wildman–Crippen LogP) is 2.36. The van der Waals surface area contributed by atoms with Crippen molar-refractivity contribution in [2.75, 3.05) is 7.05 Å². The number of rotatable bonds is 2. The lowest BCUT2D eigenvalue weighted by molar-refractivity contribution is -0.142. The SMILES string of the molecule is Cc1cc(C2C(C(=O)O)CC(=O)N2C)ccc1Br. The molecule has 0 saturated carbocycles. The van der Waals surface area contributed by atoms with Crippen molar-refractivity contribution in [3.8, 4) is 0 Å². The topological polar surface area (TPSA) is 57.6 Å². The smallest absolute Gasteiger partial charge is 0.309 e. The van der Waals surface area contributed by atoms with Crippen LogP contribution in [0.3, 0.4) is 0 Å². The molecule has 1 saturated heterocycles. The van der Waals surface area contributed by atoms with Crippen LogP contribution in [0.4, 0.5) is 0 Å². The number of amides is 1. The number of likely N-dealkylation sites (tertiary alicyclic amines) is 1. The highest BCUT2D eigenvalue weighted by Crippen LogP contribution is 2.38. The molecule has 1 heterocycles. The third-order valence-corrected chi connectivity index (χ3v) is 4.32. The van der Waals surface area contributed by atoms with Crippen molar-refractivity contribution in [2.24, 2.45) is 5.92 Å². The first kappa shape index (κ1) is 13.1. The van der Waals surface area contributed by atoms with Crippen LogP contribution in [0, 0.1) is 12.8 Å². The summed E-state index contributed by atoms with van der Waals surface area (Å²) in [5.74, 6) is -1.70. The molecule has 1 aromatic rings. The van der Waals surface area contributed by atoms with Crippen LogP contribution in [0.1, 0.15) is 23.6 Å². The van der Waals surface area contributed by atoms with Crippen molar-refractivity contribution in [3.05, 3.63) is 33.8 Å². The first-order valence-electron chi connectivity index (χ1n) is 5.66. The summed E-state index contributed by atoms with van der Waals surface area (Å²) < 4.78 is 0.977. The number of benzene rings is 1. The number of carbonyl (C=O) groups excluding carboxylic acids is 1. The van der Waals surface area contributed by atoms with Crippen LogP contribution in [0.5, 0.6) is 0 Å². The number of carbonyl (C=O) groups is 2. The van der Waals surface area contributed by atoms with Gasteiger partial charge in [0, 0.05) is 17.9 Å². The minimum Gasteiger partial charge on any atom is -0.481 e. The van der Waals surface area contributed by atoms with Gasteiger partial charge in [-0.15, -0.1) is 0 Å². The van der Waals surface area contributed by atoms with Crippen LogP contribution in [-0.2, 0) is 9.59 Å². The Hall–Kier alpha value is -1.36. The summed E-state index contributed by atoms with van der Waals surface area (Å²) in [6, 6.07) is 5.31. The van der Waals surface area contributed by atoms with Gasteiger partial charge in [0.25, 0.3) is 0 Å². The molecular formula is C13H14BrNO3. The molecule has 1 amide bonds. The van der Waals surface area contributed by atoms with Gasteiger partial charge >= 0.3 is 5.97 Å². The Kier molecular flexibility index (Phi) is 3.43. The van der Waals surface area contributed by atoms with E-state index in [-0.39, 0.29) is 18.4 Å². The Morgan fingerprint density at radius 1 is 1.50 bits per heavy atom. The maximum Gasteiger partial charge on any atom is 0.309 e. The van der Waals surface area contributed by atoms with E-state index in [2.05, 4.69) is 15.9 Å². The minimum absolute atomic E-state index is 0.0750. The van der Waals surface area contributed by atoms with E-state index < -0.39 is 11.9 Å². The summed E-state index contributed by atoms with van der Waals surface area (Å²) in [4.78, 5) is 24.4.